The second kappa shape index (κ2) is 8.05. The summed E-state index contributed by atoms with van der Waals surface area (Å²) in [5.74, 6) is 1.66. The quantitative estimate of drug-likeness (QED) is 0.750. The molecule has 0 saturated heterocycles. The fourth-order valence-electron chi connectivity index (χ4n) is 3.64. The predicted octanol–water partition coefficient (Wildman–Crippen LogP) is 3.77. The minimum Gasteiger partial charge on any atom is -0.391 e. The zero-order valence-electron chi connectivity index (χ0n) is 14.5. The zero-order chi connectivity index (χ0) is 15.3. The van der Waals surface area contributed by atoms with Gasteiger partial charge in [0.15, 0.2) is 0 Å². The maximum absolute atomic E-state index is 10.9. The lowest BCUT2D eigenvalue weighted by molar-refractivity contribution is 0.105. The fourth-order valence-corrected chi connectivity index (χ4v) is 6.44. The van der Waals surface area contributed by atoms with E-state index in [2.05, 4.69) is 39.3 Å². The van der Waals surface area contributed by atoms with Gasteiger partial charge in [0.1, 0.15) is 0 Å². The SMILES string of the molecule is CNC(C1CCCCC1)[C@H](O)CS(C)(C(C)C)C(C)C. The summed E-state index contributed by atoms with van der Waals surface area (Å²) in [6.07, 6.45) is 8.88. The van der Waals surface area contributed by atoms with Gasteiger partial charge < -0.3 is 10.4 Å². The number of aliphatic hydroxyl groups is 1. The summed E-state index contributed by atoms with van der Waals surface area (Å²) >= 11 is 0. The minimum absolute atomic E-state index is 0.187. The third-order valence-electron chi connectivity index (χ3n) is 5.59. The van der Waals surface area contributed by atoms with Crippen LogP contribution >= 0.6 is 10.0 Å². The molecule has 2 atom stereocenters. The molecule has 0 bridgehead atoms. The minimum atomic E-state index is -0.755. The highest BCUT2D eigenvalue weighted by Gasteiger charge is 2.34. The molecule has 0 spiro atoms. The third kappa shape index (κ3) is 4.38. The van der Waals surface area contributed by atoms with Crippen LogP contribution in [-0.2, 0) is 0 Å². The molecule has 20 heavy (non-hydrogen) atoms. The Balaban J connectivity index is 2.72. The number of likely N-dealkylation sites (N-methyl/N-ethyl adjacent to an activating group) is 1. The van der Waals surface area contributed by atoms with Gasteiger partial charge in [0.25, 0.3) is 0 Å². The molecule has 1 saturated carbocycles. The van der Waals surface area contributed by atoms with E-state index >= 15 is 0 Å². The van der Waals surface area contributed by atoms with Gasteiger partial charge >= 0.3 is 0 Å². The van der Waals surface area contributed by atoms with Crippen molar-refractivity contribution >= 4 is 10.0 Å². The second-order valence-corrected chi connectivity index (χ2v) is 12.0. The van der Waals surface area contributed by atoms with E-state index in [9.17, 15) is 5.11 Å². The molecule has 1 fully saturated rings. The number of rotatable bonds is 7. The molecular formula is C17H37NOS. The molecule has 0 aromatic rings. The van der Waals surface area contributed by atoms with E-state index < -0.39 is 10.0 Å². The van der Waals surface area contributed by atoms with E-state index in [-0.39, 0.29) is 6.10 Å². The highest BCUT2D eigenvalue weighted by atomic mass is 32.3. The van der Waals surface area contributed by atoms with Crippen molar-refractivity contribution in [2.75, 3.05) is 19.1 Å². The molecule has 0 aromatic carbocycles. The van der Waals surface area contributed by atoms with Gasteiger partial charge in [-0.3, -0.25) is 0 Å². The van der Waals surface area contributed by atoms with Crippen molar-refractivity contribution in [3.8, 4) is 0 Å². The van der Waals surface area contributed by atoms with Crippen molar-refractivity contribution in [2.45, 2.75) is 82.4 Å². The summed E-state index contributed by atoms with van der Waals surface area (Å²) in [5, 5.41) is 15.7. The normalized spacial score (nSPS) is 22.2. The molecule has 1 rings (SSSR count). The van der Waals surface area contributed by atoms with Crippen LogP contribution in [0.2, 0.25) is 0 Å². The van der Waals surface area contributed by atoms with E-state index in [1.165, 1.54) is 32.1 Å². The van der Waals surface area contributed by atoms with Gasteiger partial charge in [0.05, 0.1) is 6.10 Å². The van der Waals surface area contributed by atoms with Crippen LogP contribution in [0.1, 0.15) is 59.8 Å². The molecule has 1 unspecified atom stereocenters. The average molecular weight is 304 g/mol. The first-order valence-corrected chi connectivity index (χ1v) is 10.8. The molecule has 2 N–H and O–H groups in total. The topological polar surface area (TPSA) is 32.3 Å². The van der Waals surface area contributed by atoms with Gasteiger partial charge in [0, 0.05) is 11.8 Å². The van der Waals surface area contributed by atoms with Crippen molar-refractivity contribution in [1.82, 2.24) is 5.32 Å². The van der Waals surface area contributed by atoms with Gasteiger partial charge in [-0.2, -0.15) is 0 Å². The van der Waals surface area contributed by atoms with Crippen molar-refractivity contribution in [3.63, 3.8) is 0 Å². The Hall–Kier alpha value is 0.270. The first-order chi connectivity index (χ1) is 9.32. The Kier molecular flexibility index (Phi) is 7.37. The molecule has 0 aliphatic heterocycles. The van der Waals surface area contributed by atoms with Gasteiger partial charge in [-0.05, 0) is 42.6 Å². The molecule has 0 aromatic heterocycles. The summed E-state index contributed by atoms with van der Waals surface area (Å²) in [4.78, 5) is 0. The standard InChI is InChI=1S/C17H37NOS/c1-13(2)20(6,14(3)4)12-16(19)17(18-5)15-10-8-7-9-11-15/h13-19H,7-12H2,1-6H3/t16-,17?/m1/s1. The zero-order valence-corrected chi connectivity index (χ0v) is 15.3. The summed E-state index contributed by atoms with van der Waals surface area (Å²) in [6.45, 7) is 9.32. The van der Waals surface area contributed by atoms with Gasteiger partial charge in [-0.25, -0.2) is 10.0 Å². The Bertz CT molecular complexity index is 266. The summed E-state index contributed by atoms with van der Waals surface area (Å²) < 4.78 is 0. The molecule has 0 amide bonds. The molecule has 3 heteroatoms. The van der Waals surface area contributed by atoms with Crippen LogP contribution in [0.25, 0.3) is 0 Å². The summed E-state index contributed by atoms with van der Waals surface area (Å²) in [7, 11) is 1.27. The average Bonchev–Trinajstić information content (AvgIpc) is 2.40. The van der Waals surface area contributed by atoms with Crippen LogP contribution in [0, 0.1) is 5.92 Å². The number of nitrogens with one attached hydrogen (secondary N) is 1. The van der Waals surface area contributed by atoms with E-state index in [1.54, 1.807) is 0 Å². The highest BCUT2D eigenvalue weighted by Crippen LogP contribution is 2.54. The van der Waals surface area contributed by atoms with Crippen molar-refractivity contribution in [3.05, 3.63) is 0 Å². The fraction of sp³-hybridized carbons (Fsp3) is 1.00. The van der Waals surface area contributed by atoms with E-state index in [0.29, 0.717) is 22.5 Å². The molecule has 2 nitrogen and oxygen atoms in total. The largest absolute Gasteiger partial charge is 0.391 e. The van der Waals surface area contributed by atoms with Crippen LogP contribution in [0.4, 0.5) is 0 Å². The number of hydrogen-bond donors (Lipinski definition) is 2. The Morgan fingerprint density at radius 1 is 1.05 bits per heavy atom. The lowest BCUT2D eigenvalue weighted by Crippen LogP contribution is -2.48. The monoisotopic (exact) mass is 303 g/mol. The molecule has 1 aliphatic rings. The van der Waals surface area contributed by atoms with Crippen LogP contribution in [0.3, 0.4) is 0 Å². The van der Waals surface area contributed by atoms with Gasteiger partial charge in [-0.1, -0.05) is 47.0 Å². The maximum Gasteiger partial charge on any atom is 0.0771 e. The van der Waals surface area contributed by atoms with E-state index in [1.807, 2.05) is 7.05 Å². The van der Waals surface area contributed by atoms with Gasteiger partial charge in [0.2, 0.25) is 0 Å². The Labute approximate surface area is 128 Å². The molecule has 0 heterocycles. The first kappa shape index (κ1) is 18.3. The van der Waals surface area contributed by atoms with E-state index in [4.69, 9.17) is 0 Å². The van der Waals surface area contributed by atoms with Crippen LogP contribution < -0.4 is 5.32 Å². The number of aliphatic hydroxyl groups excluding tert-OH is 1. The first-order valence-electron chi connectivity index (χ1n) is 8.42. The molecule has 122 valence electrons. The molecular weight excluding hydrogens is 266 g/mol. The lowest BCUT2D eigenvalue weighted by Gasteiger charge is -2.47. The molecule has 1 aliphatic carbocycles. The van der Waals surface area contributed by atoms with Crippen LogP contribution in [0.15, 0.2) is 0 Å². The number of hydrogen-bond acceptors (Lipinski definition) is 2. The smallest absolute Gasteiger partial charge is 0.0771 e. The maximum atomic E-state index is 10.9. The van der Waals surface area contributed by atoms with Crippen LogP contribution in [0.5, 0.6) is 0 Å². The highest BCUT2D eigenvalue weighted by molar-refractivity contribution is 8.34. The Morgan fingerprint density at radius 3 is 1.95 bits per heavy atom. The summed E-state index contributed by atoms with van der Waals surface area (Å²) in [6, 6.07) is 0.291. The second-order valence-electron chi connectivity index (χ2n) is 7.27. The third-order valence-corrected chi connectivity index (χ3v) is 11.0. The van der Waals surface area contributed by atoms with Crippen LogP contribution in [-0.4, -0.2) is 46.8 Å². The predicted molar refractivity (Wildman–Crippen MR) is 94.1 cm³/mol. The molecule has 0 radical (unpaired) electrons. The van der Waals surface area contributed by atoms with Gasteiger partial charge in [-0.15, -0.1) is 0 Å². The lowest BCUT2D eigenvalue weighted by atomic mass is 9.82. The van der Waals surface area contributed by atoms with Crippen molar-refractivity contribution < 1.29 is 5.11 Å². The Morgan fingerprint density at radius 2 is 1.55 bits per heavy atom. The van der Waals surface area contributed by atoms with Crippen molar-refractivity contribution in [1.29, 1.82) is 0 Å². The summed E-state index contributed by atoms with van der Waals surface area (Å²) in [5.41, 5.74) is 0. The van der Waals surface area contributed by atoms with E-state index in [0.717, 1.165) is 5.75 Å². The van der Waals surface area contributed by atoms with Crippen molar-refractivity contribution in [2.24, 2.45) is 5.92 Å².